The lowest BCUT2D eigenvalue weighted by molar-refractivity contribution is 0.132. The quantitative estimate of drug-likeness (QED) is 0.674. The molecule has 0 spiro atoms. The Morgan fingerprint density at radius 3 is 1.86 bits per heavy atom. The van der Waals surface area contributed by atoms with Gasteiger partial charge in [0.05, 0.1) is 0 Å². The highest BCUT2D eigenvalue weighted by Gasteiger charge is 2.29. The molecule has 2 rings (SSSR count). The van der Waals surface area contributed by atoms with Crippen LogP contribution in [0.5, 0.6) is 0 Å². The largest absolute Gasteiger partial charge is 0.378 e. The lowest BCUT2D eigenvalue weighted by Crippen LogP contribution is -2.27. The van der Waals surface area contributed by atoms with Gasteiger partial charge in [-0.3, -0.25) is 0 Å². The van der Waals surface area contributed by atoms with Crippen LogP contribution in [-0.2, 0) is 5.60 Å². The average molecular weight is 312 g/mol. The predicted octanol–water partition coefficient (Wildman–Crippen LogP) is 3.42. The zero-order valence-electron chi connectivity index (χ0n) is 13.0. The van der Waals surface area contributed by atoms with Gasteiger partial charge in [0.1, 0.15) is 5.60 Å². The molecule has 1 unspecified atom stereocenters. The highest BCUT2D eigenvalue weighted by atomic mass is 32.2. The van der Waals surface area contributed by atoms with Crippen molar-refractivity contribution >= 4 is 11.8 Å². The first-order chi connectivity index (χ1) is 10.3. The smallest absolute Gasteiger partial charge is 0.176 e. The summed E-state index contributed by atoms with van der Waals surface area (Å²) >= 11 is 1.64. The molecule has 114 valence electrons. The van der Waals surface area contributed by atoms with Gasteiger partial charge in [-0.1, -0.05) is 54.3 Å². The maximum atomic E-state index is 11.2. The van der Waals surface area contributed by atoms with E-state index in [-0.39, 0.29) is 0 Å². The second kappa shape index (κ2) is 6.58. The molecule has 0 heterocycles. The Morgan fingerprint density at radius 2 is 1.36 bits per heavy atom. The zero-order valence-corrected chi connectivity index (χ0v) is 13.8. The van der Waals surface area contributed by atoms with Crippen molar-refractivity contribution in [3.8, 4) is 11.8 Å². The number of rotatable bonds is 3. The highest BCUT2D eigenvalue weighted by molar-refractivity contribution is 7.98. The van der Waals surface area contributed by atoms with Gasteiger partial charge in [-0.2, -0.15) is 0 Å². The molecule has 0 radical (unpaired) electrons. The first-order valence-electron chi connectivity index (χ1n) is 7.04. The summed E-state index contributed by atoms with van der Waals surface area (Å²) < 4.78 is 0. The Hall–Kier alpha value is -1.73. The summed E-state index contributed by atoms with van der Waals surface area (Å²) in [6.07, 6.45) is 2.01. The van der Waals surface area contributed by atoms with E-state index in [0.29, 0.717) is 11.1 Å². The standard InChI is InChI=1S/C19H20O2S/c1-18(2,20)13-14-19(21,15-7-5-4-6-8-15)16-9-11-17(22-3)12-10-16/h4-12,20-21H,1-3H3. The third-order valence-electron chi connectivity index (χ3n) is 3.25. The summed E-state index contributed by atoms with van der Waals surface area (Å²) in [7, 11) is 0. The van der Waals surface area contributed by atoms with Crippen LogP contribution in [0.15, 0.2) is 59.5 Å². The Bertz CT molecular complexity index is 675. The summed E-state index contributed by atoms with van der Waals surface area (Å²) in [5, 5.41) is 21.1. The molecule has 0 bridgehead atoms. The van der Waals surface area contributed by atoms with Gasteiger partial charge in [0.25, 0.3) is 0 Å². The fraction of sp³-hybridized carbons (Fsp3) is 0.263. The van der Waals surface area contributed by atoms with Crippen molar-refractivity contribution in [2.75, 3.05) is 6.26 Å². The van der Waals surface area contributed by atoms with E-state index in [4.69, 9.17) is 0 Å². The minimum absolute atomic E-state index is 0.684. The van der Waals surface area contributed by atoms with E-state index < -0.39 is 11.2 Å². The van der Waals surface area contributed by atoms with Crippen molar-refractivity contribution in [1.82, 2.24) is 0 Å². The van der Waals surface area contributed by atoms with Gasteiger partial charge in [-0.05, 0) is 32.2 Å². The molecular formula is C19H20O2S. The van der Waals surface area contributed by atoms with Crippen LogP contribution in [0.3, 0.4) is 0 Å². The van der Waals surface area contributed by atoms with Gasteiger partial charge in [0, 0.05) is 16.0 Å². The second-order valence-electron chi connectivity index (χ2n) is 5.61. The number of benzene rings is 2. The SMILES string of the molecule is CSc1ccc(C(O)(C#CC(C)(C)O)c2ccccc2)cc1. The van der Waals surface area contributed by atoms with Gasteiger partial charge in [0.15, 0.2) is 5.60 Å². The van der Waals surface area contributed by atoms with Gasteiger partial charge in [-0.25, -0.2) is 0 Å². The lowest BCUT2D eigenvalue weighted by Gasteiger charge is -2.24. The fourth-order valence-electron chi connectivity index (χ4n) is 2.07. The molecule has 0 aliphatic carbocycles. The van der Waals surface area contributed by atoms with Crippen LogP contribution in [-0.4, -0.2) is 22.1 Å². The number of hydrogen-bond acceptors (Lipinski definition) is 3. The molecule has 0 aliphatic heterocycles. The van der Waals surface area contributed by atoms with Crippen molar-refractivity contribution < 1.29 is 10.2 Å². The van der Waals surface area contributed by atoms with Crippen LogP contribution in [0.2, 0.25) is 0 Å². The molecule has 0 amide bonds. The summed E-state index contributed by atoms with van der Waals surface area (Å²) in [5.41, 5.74) is -1.24. The van der Waals surface area contributed by atoms with E-state index in [2.05, 4.69) is 11.8 Å². The Kier molecular flexibility index (Phi) is 4.97. The number of hydrogen-bond donors (Lipinski definition) is 2. The van der Waals surface area contributed by atoms with E-state index in [1.54, 1.807) is 25.6 Å². The molecule has 2 N–H and O–H groups in total. The van der Waals surface area contributed by atoms with E-state index in [1.165, 1.54) is 0 Å². The van der Waals surface area contributed by atoms with E-state index in [0.717, 1.165) is 4.90 Å². The van der Waals surface area contributed by atoms with Gasteiger partial charge in [0.2, 0.25) is 0 Å². The molecule has 1 atom stereocenters. The molecule has 3 heteroatoms. The molecule has 0 aliphatic rings. The minimum atomic E-state index is -1.45. The summed E-state index contributed by atoms with van der Waals surface area (Å²) in [6.45, 7) is 3.20. The summed E-state index contributed by atoms with van der Waals surface area (Å²) in [4.78, 5) is 1.12. The molecule has 0 saturated heterocycles. The van der Waals surface area contributed by atoms with Crippen molar-refractivity contribution in [3.05, 3.63) is 65.7 Å². The van der Waals surface area contributed by atoms with E-state index in [9.17, 15) is 10.2 Å². The van der Waals surface area contributed by atoms with Crippen molar-refractivity contribution in [1.29, 1.82) is 0 Å². The van der Waals surface area contributed by atoms with Gasteiger partial charge >= 0.3 is 0 Å². The minimum Gasteiger partial charge on any atom is -0.378 e. The maximum Gasteiger partial charge on any atom is 0.176 e. The molecule has 0 fully saturated rings. The van der Waals surface area contributed by atoms with E-state index >= 15 is 0 Å². The summed E-state index contributed by atoms with van der Waals surface area (Å²) in [5.74, 6) is 5.59. The third-order valence-corrected chi connectivity index (χ3v) is 3.99. The lowest BCUT2D eigenvalue weighted by atomic mass is 9.86. The summed E-state index contributed by atoms with van der Waals surface area (Å²) in [6, 6.07) is 17.0. The monoisotopic (exact) mass is 312 g/mol. The number of thioether (sulfide) groups is 1. The third kappa shape index (κ3) is 3.92. The molecule has 2 nitrogen and oxygen atoms in total. The van der Waals surface area contributed by atoms with Crippen LogP contribution in [0.25, 0.3) is 0 Å². The van der Waals surface area contributed by atoms with Crippen LogP contribution < -0.4 is 0 Å². The predicted molar refractivity (Wildman–Crippen MR) is 91.7 cm³/mol. The van der Waals surface area contributed by atoms with Gasteiger partial charge in [-0.15, -0.1) is 11.8 Å². The first kappa shape index (κ1) is 16.6. The molecule has 0 saturated carbocycles. The van der Waals surface area contributed by atoms with Crippen LogP contribution in [0.1, 0.15) is 25.0 Å². The molecule has 22 heavy (non-hydrogen) atoms. The maximum absolute atomic E-state index is 11.2. The Balaban J connectivity index is 2.56. The Labute approximate surface area is 136 Å². The number of aliphatic hydroxyl groups is 2. The van der Waals surface area contributed by atoms with Crippen molar-refractivity contribution in [3.63, 3.8) is 0 Å². The highest BCUT2D eigenvalue weighted by Crippen LogP contribution is 2.30. The normalized spacial score (nSPS) is 13.9. The van der Waals surface area contributed by atoms with Gasteiger partial charge < -0.3 is 10.2 Å². The van der Waals surface area contributed by atoms with Crippen LogP contribution in [0.4, 0.5) is 0 Å². The average Bonchev–Trinajstić information content (AvgIpc) is 2.53. The van der Waals surface area contributed by atoms with Crippen LogP contribution in [0, 0.1) is 11.8 Å². The topological polar surface area (TPSA) is 40.5 Å². The fourth-order valence-corrected chi connectivity index (χ4v) is 2.47. The van der Waals surface area contributed by atoms with Crippen molar-refractivity contribution in [2.45, 2.75) is 29.9 Å². The molecular weight excluding hydrogens is 292 g/mol. The zero-order chi connectivity index (χ0) is 16.2. The Morgan fingerprint density at radius 1 is 0.818 bits per heavy atom. The molecule has 2 aromatic rings. The van der Waals surface area contributed by atoms with E-state index in [1.807, 2.05) is 60.9 Å². The second-order valence-corrected chi connectivity index (χ2v) is 6.49. The molecule has 0 aromatic heterocycles. The molecule has 2 aromatic carbocycles. The first-order valence-corrected chi connectivity index (χ1v) is 8.27. The van der Waals surface area contributed by atoms with Crippen molar-refractivity contribution in [2.24, 2.45) is 0 Å². The van der Waals surface area contributed by atoms with Crippen LogP contribution >= 0.6 is 11.8 Å².